The Morgan fingerprint density at radius 3 is 2.20 bits per heavy atom. The number of carboxylic acid groups (broad SMARTS) is 1. The first-order valence-electron chi connectivity index (χ1n) is 8.57. The number of allylic oxidation sites excluding steroid dienone is 9. The maximum atomic E-state index is 12.6. The molecule has 1 aliphatic rings. The van der Waals surface area contributed by atoms with Crippen LogP contribution in [0.2, 0.25) is 0 Å². The Morgan fingerprint density at radius 2 is 1.64 bits per heavy atom. The molecule has 0 spiro atoms. The van der Waals surface area contributed by atoms with E-state index < -0.39 is 5.97 Å². The number of hydrogen-bond acceptors (Lipinski definition) is 2. The molecular formula is C22H30O3. The van der Waals surface area contributed by atoms with E-state index in [9.17, 15) is 9.59 Å². The second-order valence-corrected chi connectivity index (χ2v) is 8.14. The van der Waals surface area contributed by atoms with Crippen LogP contribution in [0.15, 0.2) is 58.7 Å². The van der Waals surface area contributed by atoms with Gasteiger partial charge in [-0.2, -0.15) is 0 Å². The summed E-state index contributed by atoms with van der Waals surface area (Å²) in [7, 11) is 0. The van der Waals surface area contributed by atoms with Gasteiger partial charge in [0, 0.05) is 11.5 Å². The summed E-state index contributed by atoms with van der Waals surface area (Å²) < 4.78 is 0. The van der Waals surface area contributed by atoms with E-state index in [-0.39, 0.29) is 16.6 Å². The minimum Gasteiger partial charge on any atom is -0.478 e. The monoisotopic (exact) mass is 342 g/mol. The van der Waals surface area contributed by atoms with Gasteiger partial charge < -0.3 is 5.11 Å². The maximum absolute atomic E-state index is 12.6. The van der Waals surface area contributed by atoms with Gasteiger partial charge >= 0.3 is 5.97 Å². The molecule has 0 heterocycles. The van der Waals surface area contributed by atoms with Gasteiger partial charge in [0.2, 0.25) is 0 Å². The van der Waals surface area contributed by atoms with Gasteiger partial charge in [0.05, 0.1) is 0 Å². The second-order valence-electron chi connectivity index (χ2n) is 8.14. The summed E-state index contributed by atoms with van der Waals surface area (Å²) >= 11 is 0. The van der Waals surface area contributed by atoms with E-state index in [1.54, 1.807) is 13.0 Å². The van der Waals surface area contributed by atoms with Crippen molar-refractivity contribution in [1.29, 1.82) is 0 Å². The third kappa shape index (κ3) is 5.70. The summed E-state index contributed by atoms with van der Waals surface area (Å²) in [6, 6.07) is 0. The zero-order chi connectivity index (χ0) is 19.4. The Hall–Kier alpha value is -2.16. The van der Waals surface area contributed by atoms with Crippen LogP contribution in [0, 0.1) is 10.8 Å². The van der Waals surface area contributed by atoms with Gasteiger partial charge in [0.25, 0.3) is 0 Å². The summed E-state index contributed by atoms with van der Waals surface area (Å²) in [6.45, 7) is 14.1. The highest BCUT2D eigenvalue weighted by molar-refractivity contribution is 6.01. The molecule has 1 rings (SSSR count). The maximum Gasteiger partial charge on any atom is 0.328 e. The van der Waals surface area contributed by atoms with E-state index in [0.717, 1.165) is 23.1 Å². The zero-order valence-corrected chi connectivity index (χ0v) is 16.4. The molecule has 136 valence electrons. The summed E-state index contributed by atoms with van der Waals surface area (Å²) in [5.41, 5.74) is 3.30. The Labute approximate surface area is 151 Å². The lowest BCUT2D eigenvalue weighted by atomic mass is 9.62. The number of carboxylic acids is 1. The molecule has 0 amide bonds. The summed E-state index contributed by atoms with van der Waals surface area (Å²) in [5.74, 6) is -0.722. The molecule has 0 radical (unpaired) electrons. The van der Waals surface area contributed by atoms with Gasteiger partial charge in [-0.25, -0.2) is 4.79 Å². The molecule has 0 aromatic carbocycles. The number of aliphatic carboxylic acids is 1. The van der Waals surface area contributed by atoms with E-state index in [4.69, 9.17) is 5.11 Å². The molecule has 3 heteroatoms. The molecule has 25 heavy (non-hydrogen) atoms. The minimum absolute atomic E-state index is 0.0467. The lowest BCUT2D eigenvalue weighted by molar-refractivity contribution is -0.131. The average Bonchev–Trinajstić information content (AvgIpc) is 2.42. The van der Waals surface area contributed by atoms with E-state index in [2.05, 4.69) is 13.8 Å². The molecule has 0 fully saturated rings. The summed E-state index contributed by atoms with van der Waals surface area (Å²) in [6.07, 6.45) is 11.6. The predicted molar refractivity (Wildman–Crippen MR) is 103 cm³/mol. The first-order valence-corrected chi connectivity index (χ1v) is 8.57. The molecule has 0 unspecified atom stereocenters. The van der Waals surface area contributed by atoms with Crippen molar-refractivity contribution < 1.29 is 14.7 Å². The Morgan fingerprint density at radius 1 is 1.04 bits per heavy atom. The summed E-state index contributed by atoms with van der Waals surface area (Å²) in [5, 5.41) is 8.68. The lowest BCUT2D eigenvalue weighted by Crippen LogP contribution is -2.38. The Bertz CT molecular complexity index is 708. The van der Waals surface area contributed by atoms with E-state index in [0.29, 0.717) is 5.57 Å². The van der Waals surface area contributed by atoms with Crippen molar-refractivity contribution in [2.75, 3.05) is 0 Å². The van der Waals surface area contributed by atoms with Crippen molar-refractivity contribution in [3.8, 4) is 0 Å². The Balaban J connectivity index is 3.01. The molecule has 0 saturated heterocycles. The van der Waals surface area contributed by atoms with Gasteiger partial charge in [0.15, 0.2) is 5.78 Å². The van der Waals surface area contributed by atoms with Gasteiger partial charge in [-0.15, -0.1) is 0 Å². The third-order valence-corrected chi connectivity index (χ3v) is 4.55. The van der Waals surface area contributed by atoms with Crippen LogP contribution in [-0.2, 0) is 9.59 Å². The highest BCUT2D eigenvalue weighted by Crippen LogP contribution is 2.47. The summed E-state index contributed by atoms with van der Waals surface area (Å²) in [4.78, 5) is 23.1. The lowest BCUT2D eigenvalue weighted by Gasteiger charge is -2.41. The van der Waals surface area contributed by atoms with E-state index in [1.165, 1.54) is 6.08 Å². The predicted octanol–water partition coefficient (Wildman–Crippen LogP) is 5.42. The van der Waals surface area contributed by atoms with E-state index >= 15 is 0 Å². The van der Waals surface area contributed by atoms with E-state index in [1.807, 2.05) is 52.0 Å². The molecule has 0 bridgehead atoms. The van der Waals surface area contributed by atoms with Gasteiger partial charge in [-0.1, -0.05) is 63.6 Å². The highest BCUT2D eigenvalue weighted by Gasteiger charge is 2.42. The molecule has 1 N–H and O–H groups in total. The number of ketones is 1. The molecule has 1 aliphatic carbocycles. The quantitative estimate of drug-likeness (QED) is 0.536. The van der Waals surface area contributed by atoms with Crippen molar-refractivity contribution in [1.82, 2.24) is 0 Å². The normalized spacial score (nSPS) is 21.5. The molecule has 0 aromatic rings. The van der Waals surface area contributed by atoms with Gasteiger partial charge in [-0.05, 0) is 49.3 Å². The molecule has 0 atom stereocenters. The largest absolute Gasteiger partial charge is 0.478 e. The molecule has 0 aromatic heterocycles. The number of hydrogen-bond donors (Lipinski definition) is 1. The van der Waals surface area contributed by atoms with Crippen LogP contribution < -0.4 is 0 Å². The fraction of sp³-hybridized carbons (Fsp3) is 0.455. The molecular weight excluding hydrogens is 312 g/mol. The number of carbonyl (C=O) groups excluding carboxylic acids is 1. The van der Waals surface area contributed by atoms with Crippen molar-refractivity contribution in [2.24, 2.45) is 10.8 Å². The number of rotatable bonds is 5. The van der Waals surface area contributed by atoms with Gasteiger partial charge in [0.1, 0.15) is 0 Å². The van der Waals surface area contributed by atoms with Crippen molar-refractivity contribution in [2.45, 2.75) is 54.9 Å². The standard InChI is InChI=1S/C22H30O3/c1-15(9-8-10-16(2)13-19(23)24)11-12-18-17(3)20(25)22(6,7)14-21(18,4)5/h8-13H,14H2,1-7H3,(H,23,24)/b10-8+,12-11+,15-9+,16-13+. The minimum atomic E-state index is -0.947. The van der Waals surface area contributed by atoms with Crippen molar-refractivity contribution >= 4 is 11.8 Å². The third-order valence-electron chi connectivity index (χ3n) is 4.55. The van der Waals surface area contributed by atoms with Crippen molar-refractivity contribution in [3.05, 3.63) is 58.7 Å². The van der Waals surface area contributed by atoms with Crippen molar-refractivity contribution in [3.63, 3.8) is 0 Å². The fourth-order valence-electron chi connectivity index (χ4n) is 3.63. The van der Waals surface area contributed by atoms with Crippen LogP contribution in [-0.4, -0.2) is 16.9 Å². The first kappa shape index (κ1) is 20.9. The van der Waals surface area contributed by atoms with Crippen LogP contribution in [0.25, 0.3) is 0 Å². The number of carbonyl (C=O) groups is 2. The van der Waals surface area contributed by atoms with Crippen LogP contribution in [0.5, 0.6) is 0 Å². The van der Waals surface area contributed by atoms with Crippen LogP contribution >= 0.6 is 0 Å². The molecule has 0 saturated carbocycles. The highest BCUT2D eigenvalue weighted by atomic mass is 16.4. The van der Waals surface area contributed by atoms with Gasteiger partial charge in [-0.3, -0.25) is 4.79 Å². The second kappa shape index (κ2) is 7.81. The first-order chi connectivity index (χ1) is 11.4. The SMILES string of the molecule is CC1=C(/C=C/C(C)=C/C=C/C(C)=C/C(=O)O)C(C)(C)CC(C)(C)C1=O. The fourth-order valence-corrected chi connectivity index (χ4v) is 3.63. The van der Waals surface area contributed by atoms with Crippen LogP contribution in [0.4, 0.5) is 0 Å². The molecule has 0 aliphatic heterocycles. The number of Topliss-reactive ketones (excluding diaryl/α,β-unsaturated/α-hetero) is 1. The van der Waals surface area contributed by atoms with Crippen LogP contribution in [0.3, 0.4) is 0 Å². The molecule has 3 nitrogen and oxygen atoms in total. The van der Waals surface area contributed by atoms with Crippen LogP contribution in [0.1, 0.15) is 54.9 Å². The topological polar surface area (TPSA) is 54.4 Å². The average molecular weight is 342 g/mol. The zero-order valence-electron chi connectivity index (χ0n) is 16.4. The smallest absolute Gasteiger partial charge is 0.328 e. The Kier molecular flexibility index (Phi) is 6.53.